The summed E-state index contributed by atoms with van der Waals surface area (Å²) in [5, 5.41) is 2.85. The number of carbonyl (C=O) groups is 1. The summed E-state index contributed by atoms with van der Waals surface area (Å²) in [4.78, 5) is 12.0. The van der Waals surface area contributed by atoms with E-state index >= 15 is 0 Å². The van der Waals surface area contributed by atoms with E-state index in [0.717, 1.165) is 0 Å². The van der Waals surface area contributed by atoms with Crippen LogP contribution in [0.5, 0.6) is 0 Å². The smallest absolute Gasteiger partial charge is 0.234 e. The summed E-state index contributed by atoms with van der Waals surface area (Å²) in [7, 11) is 0. The Labute approximate surface area is 113 Å². The van der Waals surface area contributed by atoms with Crippen molar-refractivity contribution in [3.05, 3.63) is 29.1 Å². The quantitative estimate of drug-likeness (QED) is 0.819. The third kappa shape index (κ3) is 2.14. The molecule has 104 valence electrons. The second kappa shape index (κ2) is 4.04. The first kappa shape index (κ1) is 14.0. The van der Waals surface area contributed by atoms with E-state index in [4.69, 9.17) is 5.73 Å². The predicted molar refractivity (Wildman–Crippen MR) is 74.4 cm³/mol. The molecule has 0 aromatic heterocycles. The molecule has 19 heavy (non-hydrogen) atoms. The summed E-state index contributed by atoms with van der Waals surface area (Å²) in [6.07, 6.45) is 0. The number of carbonyl (C=O) groups excluding carboxylic acids is 1. The number of hydrogen-bond acceptors (Lipinski definition) is 2. The lowest BCUT2D eigenvalue weighted by Gasteiger charge is -2.29. The molecule has 0 fully saturated rings. The summed E-state index contributed by atoms with van der Waals surface area (Å²) in [6, 6.07) is 2.51. The minimum atomic E-state index is -0.718. The summed E-state index contributed by atoms with van der Waals surface area (Å²) < 4.78 is 13.8. The average Bonchev–Trinajstić information content (AvgIpc) is 2.48. The van der Waals surface area contributed by atoms with Crippen molar-refractivity contribution in [2.24, 2.45) is 11.1 Å². The molecule has 1 atom stereocenters. The van der Waals surface area contributed by atoms with Gasteiger partial charge in [-0.1, -0.05) is 20.8 Å². The van der Waals surface area contributed by atoms with Crippen LogP contribution in [0.1, 0.15) is 51.8 Å². The number of nitrogens with two attached hydrogens (primary N) is 1. The minimum Gasteiger partial charge on any atom is -0.325 e. The van der Waals surface area contributed by atoms with Crippen LogP contribution in [0.3, 0.4) is 0 Å². The number of nitrogens with one attached hydrogen (secondary N) is 1. The van der Waals surface area contributed by atoms with Crippen LogP contribution >= 0.6 is 0 Å². The van der Waals surface area contributed by atoms with E-state index < -0.39 is 5.41 Å². The van der Waals surface area contributed by atoms with Crippen molar-refractivity contribution in [3.8, 4) is 0 Å². The molecule has 0 aliphatic carbocycles. The highest BCUT2D eigenvalue weighted by molar-refractivity contribution is 6.06. The first-order valence-electron chi connectivity index (χ1n) is 6.46. The first-order valence-corrected chi connectivity index (χ1v) is 6.46. The zero-order chi connectivity index (χ0) is 14.6. The van der Waals surface area contributed by atoms with Gasteiger partial charge in [0.05, 0.1) is 11.1 Å². The van der Waals surface area contributed by atoms with Gasteiger partial charge in [-0.25, -0.2) is 4.39 Å². The monoisotopic (exact) mass is 264 g/mol. The van der Waals surface area contributed by atoms with E-state index in [0.29, 0.717) is 16.8 Å². The fraction of sp³-hybridized carbons (Fsp3) is 0.533. The van der Waals surface area contributed by atoms with Crippen LogP contribution in [0.2, 0.25) is 0 Å². The molecule has 1 aromatic rings. The van der Waals surface area contributed by atoms with Crippen LogP contribution in [-0.4, -0.2) is 5.91 Å². The Hall–Kier alpha value is -1.42. The lowest BCUT2D eigenvalue weighted by Crippen LogP contribution is -2.27. The van der Waals surface area contributed by atoms with Gasteiger partial charge in [0.1, 0.15) is 5.82 Å². The van der Waals surface area contributed by atoms with Crippen molar-refractivity contribution >= 4 is 11.6 Å². The van der Waals surface area contributed by atoms with E-state index in [2.05, 4.69) is 5.32 Å². The Kier molecular flexibility index (Phi) is 2.97. The molecule has 1 unspecified atom stereocenters. The number of fused-ring (bicyclic) bond motifs is 1. The SMILES string of the molecule is CC1(C)C(=O)Nc2c(C(N)C(C)(C)C)cc(F)cc21. The maximum absolute atomic E-state index is 13.8. The van der Waals surface area contributed by atoms with Crippen LogP contribution in [0.15, 0.2) is 12.1 Å². The highest BCUT2D eigenvalue weighted by atomic mass is 19.1. The van der Waals surface area contributed by atoms with E-state index in [-0.39, 0.29) is 23.2 Å². The van der Waals surface area contributed by atoms with Crippen LogP contribution in [-0.2, 0) is 10.2 Å². The fourth-order valence-corrected chi connectivity index (χ4v) is 2.36. The van der Waals surface area contributed by atoms with Crippen molar-refractivity contribution in [2.45, 2.75) is 46.1 Å². The van der Waals surface area contributed by atoms with Crippen molar-refractivity contribution in [2.75, 3.05) is 5.32 Å². The molecule has 0 radical (unpaired) electrons. The molecule has 1 heterocycles. The van der Waals surface area contributed by atoms with Crippen molar-refractivity contribution in [1.29, 1.82) is 0 Å². The summed E-state index contributed by atoms with van der Waals surface area (Å²) in [6.45, 7) is 9.57. The van der Waals surface area contributed by atoms with Crippen molar-refractivity contribution in [3.63, 3.8) is 0 Å². The second-order valence-electron chi connectivity index (χ2n) is 6.84. The Bertz CT molecular complexity index is 544. The zero-order valence-electron chi connectivity index (χ0n) is 12.1. The van der Waals surface area contributed by atoms with Crippen molar-refractivity contribution < 1.29 is 9.18 Å². The van der Waals surface area contributed by atoms with Crippen molar-refractivity contribution in [1.82, 2.24) is 0 Å². The molecule has 0 bridgehead atoms. The normalized spacial score (nSPS) is 19.0. The highest BCUT2D eigenvalue weighted by Crippen LogP contribution is 2.44. The number of anilines is 1. The third-order valence-electron chi connectivity index (χ3n) is 3.88. The van der Waals surface area contributed by atoms with E-state index in [1.165, 1.54) is 12.1 Å². The van der Waals surface area contributed by atoms with Gasteiger partial charge < -0.3 is 11.1 Å². The van der Waals surface area contributed by atoms with Gasteiger partial charge in [0.2, 0.25) is 5.91 Å². The zero-order valence-corrected chi connectivity index (χ0v) is 12.1. The molecular formula is C15H21FN2O. The van der Waals surface area contributed by atoms with Gasteiger partial charge in [-0.15, -0.1) is 0 Å². The molecule has 2 rings (SSSR count). The fourth-order valence-electron chi connectivity index (χ4n) is 2.36. The molecule has 1 aliphatic heterocycles. The maximum atomic E-state index is 13.8. The molecule has 4 heteroatoms. The van der Waals surface area contributed by atoms with E-state index in [9.17, 15) is 9.18 Å². The standard InChI is InChI=1S/C15H21FN2O/c1-14(2,3)12(17)9-6-8(16)7-10-11(9)18-13(19)15(10,4)5/h6-7,12H,17H2,1-5H3,(H,18,19). The highest BCUT2D eigenvalue weighted by Gasteiger charge is 2.41. The Morgan fingerprint density at radius 2 is 1.89 bits per heavy atom. The van der Waals surface area contributed by atoms with Crippen LogP contribution in [0.4, 0.5) is 10.1 Å². The van der Waals surface area contributed by atoms with E-state index in [1.54, 1.807) is 13.8 Å². The van der Waals surface area contributed by atoms with Crippen LogP contribution in [0.25, 0.3) is 0 Å². The topological polar surface area (TPSA) is 55.1 Å². The molecular weight excluding hydrogens is 243 g/mol. The molecule has 1 amide bonds. The maximum Gasteiger partial charge on any atom is 0.234 e. The van der Waals surface area contributed by atoms with Gasteiger partial charge in [-0.3, -0.25) is 4.79 Å². The molecule has 1 aliphatic rings. The average molecular weight is 264 g/mol. The minimum absolute atomic E-state index is 0.115. The molecule has 0 saturated heterocycles. The van der Waals surface area contributed by atoms with Gasteiger partial charge in [0.15, 0.2) is 0 Å². The molecule has 0 spiro atoms. The Morgan fingerprint density at radius 1 is 1.32 bits per heavy atom. The summed E-state index contributed by atoms with van der Waals surface area (Å²) in [5.74, 6) is -0.464. The van der Waals surface area contributed by atoms with Gasteiger partial charge in [0.25, 0.3) is 0 Å². The Morgan fingerprint density at radius 3 is 2.42 bits per heavy atom. The second-order valence-corrected chi connectivity index (χ2v) is 6.84. The van der Waals surface area contributed by atoms with Gasteiger partial charge in [-0.2, -0.15) is 0 Å². The number of amides is 1. The number of hydrogen-bond donors (Lipinski definition) is 2. The first-order chi connectivity index (χ1) is 8.55. The number of benzene rings is 1. The molecule has 3 nitrogen and oxygen atoms in total. The van der Waals surface area contributed by atoms with Gasteiger partial charge >= 0.3 is 0 Å². The lowest BCUT2D eigenvalue weighted by molar-refractivity contribution is -0.119. The molecule has 3 N–H and O–H groups in total. The predicted octanol–water partition coefficient (Wildman–Crippen LogP) is 3.10. The van der Waals surface area contributed by atoms with Gasteiger partial charge in [0, 0.05) is 6.04 Å². The van der Waals surface area contributed by atoms with E-state index in [1.807, 2.05) is 20.8 Å². The lowest BCUT2D eigenvalue weighted by atomic mass is 9.79. The molecule has 0 saturated carbocycles. The van der Waals surface area contributed by atoms with Gasteiger partial charge in [-0.05, 0) is 42.5 Å². The summed E-state index contributed by atoms with van der Waals surface area (Å²) >= 11 is 0. The van der Waals surface area contributed by atoms with Crippen LogP contribution < -0.4 is 11.1 Å². The van der Waals surface area contributed by atoms with Crippen LogP contribution in [0, 0.1) is 11.2 Å². The third-order valence-corrected chi connectivity index (χ3v) is 3.88. The largest absolute Gasteiger partial charge is 0.325 e. The number of halogens is 1. The summed E-state index contributed by atoms with van der Waals surface area (Å²) in [5.41, 5.74) is 7.34. The molecule has 1 aromatic carbocycles. The number of rotatable bonds is 1. The Balaban J connectivity index is 2.65.